The van der Waals surface area contributed by atoms with Crippen LogP contribution in [0.4, 0.5) is 11.4 Å². The van der Waals surface area contributed by atoms with Gasteiger partial charge in [0.1, 0.15) is 5.69 Å². The highest BCUT2D eigenvalue weighted by molar-refractivity contribution is 7.72. The number of nitro groups is 1. The minimum Gasteiger partial charge on any atom is -0.372 e. The lowest BCUT2D eigenvalue weighted by Gasteiger charge is -2.12. The standard InChI is InChI=1S/C11H12N6O2S2/c1-15(2)8-4-3-7(5-9(8)17(18)19)6-12-16-10(20)13-14-11(16)21/h3-6H,1-2H3,(H,13,20)(H,14,21)/b12-6-. The first-order chi connectivity index (χ1) is 9.90. The van der Waals surface area contributed by atoms with E-state index in [0.717, 1.165) is 0 Å². The molecule has 2 aromatic rings. The maximum Gasteiger partial charge on any atom is 0.293 e. The van der Waals surface area contributed by atoms with Crippen LogP contribution in [0.5, 0.6) is 0 Å². The van der Waals surface area contributed by atoms with Crippen LogP contribution in [0.15, 0.2) is 23.3 Å². The van der Waals surface area contributed by atoms with Gasteiger partial charge in [-0.1, -0.05) is 6.07 Å². The molecule has 2 N–H and O–H groups in total. The van der Waals surface area contributed by atoms with Crippen LogP contribution in [0.25, 0.3) is 0 Å². The number of nitrogens with zero attached hydrogens (tertiary/aromatic N) is 4. The number of anilines is 1. The summed E-state index contributed by atoms with van der Waals surface area (Å²) in [7, 11) is 3.49. The fourth-order valence-electron chi connectivity index (χ4n) is 1.68. The average Bonchev–Trinajstić information content (AvgIpc) is 2.75. The van der Waals surface area contributed by atoms with Crippen molar-refractivity contribution in [2.75, 3.05) is 19.0 Å². The summed E-state index contributed by atoms with van der Waals surface area (Å²) in [4.78, 5) is 12.4. The van der Waals surface area contributed by atoms with Crippen LogP contribution in [0, 0.1) is 19.7 Å². The molecule has 0 aliphatic rings. The van der Waals surface area contributed by atoms with Gasteiger partial charge in [-0.2, -0.15) is 9.78 Å². The van der Waals surface area contributed by atoms with E-state index in [1.807, 2.05) is 0 Å². The van der Waals surface area contributed by atoms with Crippen LogP contribution in [-0.4, -0.2) is 40.1 Å². The van der Waals surface area contributed by atoms with Crippen molar-refractivity contribution in [2.24, 2.45) is 5.10 Å². The van der Waals surface area contributed by atoms with E-state index in [1.165, 1.54) is 17.0 Å². The Kier molecular flexibility index (Phi) is 4.29. The molecule has 10 heteroatoms. The van der Waals surface area contributed by atoms with Gasteiger partial charge in [0.2, 0.25) is 9.54 Å². The van der Waals surface area contributed by atoms with Gasteiger partial charge >= 0.3 is 0 Å². The van der Waals surface area contributed by atoms with Gasteiger partial charge in [-0.15, -0.1) is 0 Å². The first kappa shape index (κ1) is 15.1. The van der Waals surface area contributed by atoms with E-state index in [9.17, 15) is 10.1 Å². The number of hydrogen-bond acceptors (Lipinski definition) is 6. The highest BCUT2D eigenvalue weighted by Crippen LogP contribution is 2.27. The minimum absolute atomic E-state index is 0.00627. The van der Waals surface area contributed by atoms with Gasteiger partial charge in [0.15, 0.2) is 0 Å². The number of nitrogens with one attached hydrogen (secondary N) is 2. The molecule has 0 aliphatic heterocycles. The predicted molar refractivity (Wildman–Crippen MR) is 85.2 cm³/mol. The molecule has 0 atom stereocenters. The molecule has 2 rings (SSSR count). The van der Waals surface area contributed by atoms with E-state index >= 15 is 0 Å². The van der Waals surface area contributed by atoms with Gasteiger partial charge in [-0.25, -0.2) is 0 Å². The van der Waals surface area contributed by atoms with Crippen LogP contribution in [-0.2, 0) is 0 Å². The van der Waals surface area contributed by atoms with Crippen molar-refractivity contribution >= 4 is 42.0 Å². The molecule has 0 bridgehead atoms. The molecular weight excluding hydrogens is 312 g/mol. The molecule has 1 aromatic heterocycles. The number of H-pyrrole nitrogens is 2. The highest BCUT2D eigenvalue weighted by Gasteiger charge is 2.15. The Morgan fingerprint density at radius 3 is 2.48 bits per heavy atom. The Balaban J connectivity index is 2.42. The van der Waals surface area contributed by atoms with Gasteiger partial charge < -0.3 is 4.90 Å². The summed E-state index contributed by atoms with van der Waals surface area (Å²) in [6, 6.07) is 4.84. The summed E-state index contributed by atoms with van der Waals surface area (Å²) >= 11 is 9.98. The molecule has 0 aliphatic carbocycles. The first-order valence-corrected chi connectivity index (χ1v) is 6.61. The van der Waals surface area contributed by atoms with Crippen LogP contribution in [0.3, 0.4) is 0 Å². The van der Waals surface area contributed by atoms with Crippen LogP contribution in [0.1, 0.15) is 5.56 Å². The van der Waals surface area contributed by atoms with Gasteiger partial charge in [0, 0.05) is 25.7 Å². The molecule has 110 valence electrons. The van der Waals surface area contributed by atoms with E-state index in [0.29, 0.717) is 20.8 Å². The molecule has 8 nitrogen and oxygen atoms in total. The Hall–Kier alpha value is -2.33. The highest BCUT2D eigenvalue weighted by atomic mass is 32.1. The lowest BCUT2D eigenvalue weighted by molar-refractivity contribution is -0.384. The summed E-state index contributed by atoms with van der Waals surface area (Å²) in [6.07, 6.45) is 1.46. The lowest BCUT2D eigenvalue weighted by Crippen LogP contribution is -2.11. The van der Waals surface area contributed by atoms with E-state index in [4.69, 9.17) is 24.4 Å². The zero-order chi connectivity index (χ0) is 15.6. The smallest absolute Gasteiger partial charge is 0.293 e. The fourth-order valence-corrected chi connectivity index (χ4v) is 2.12. The van der Waals surface area contributed by atoms with Gasteiger partial charge in [0.25, 0.3) is 5.69 Å². The van der Waals surface area contributed by atoms with Crippen molar-refractivity contribution in [3.05, 3.63) is 43.4 Å². The lowest BCUT2D eigenvalue weighted by atomic mass is 10.2. The second kappa shape index (κ2) is 5.97. The van der Waals surface area contributed by atoms with E-state index in [-0.39, 0.29) is 5.69 Å². The van der Waals surface area contributed by atoms with Gasteiger partial charge in [-0.05, 0) is 30.5 Å². The first-order valence-electron chi connectivity index (χ1n) is 5.80. The van der Waals surface area contributed by atoms with Crippen molar-refractivity contribution in [3.63, 3.8) is 0 Å². The quantitative estimate of drug-likeness (QED) is 0.390. The third kappa shape index (κ3) is 3.23. The van der Waals surface area contributed by atoms with E-state index < -0.39 is 4.92 Å². The molecule has 1 aromatic carbocycles. The molecular formula is C11H12N6O2S2. The van der Waals surface area contributed by atoms with Crippen molar-refractivity contribution in [1.29, 1.82) is 0 Å². The number of nitro benzene ring substituents is 1. The summed E-state index contributed by atoms with van der Waals surface area (Å²) in [5, 5.41) is 20.5. The second-order valence-corrected chi connectivity index (χ2v) is 5.09. The minimum atomic E-state index is -0.430. The van der Waals surface area contributed by atoms with E-state index in [1.54, 1.807) is 31.1 Å². The number of aromatic nitrogens is 3. The summed E-state index contributed by atoms with van der Waals surface area (Å²) in [5.74, 6) is 0. The third-order valence-corrected chi connectivity index (χ3v) is 3.21. The van der Waals surface area contributed by atoms with E-state index in [2.05, 4.69) is 15.3 Å². The SMILES string of the molecule is CN(C)c1ccc(/C=N\n2c(=S)[nH][nH]c2=S)cc1[N+](=O)[O-]. The van der Waals surface area contributed by atoms with Gasteiger partial charge in [-0.3, -0.25) is 20.3 Å². The molecule has 0 radical (unpaired) electrons. The number of benzene rings is 1. The zero-order valence-corrected chi connectivity index (χ0v) is 12.9. The van der Waals surface area contributed by atoms with Crippen molar-refractivity contribution in [2.45, 2.75) is 0 Å². The summed E-state index contributed by atoms with van der Waals surface area (Å²) < 4.78 is 1.95. The molecule has 0 fully saturated rings. The number of aromatic amines is 2. The molecule has 21 heavy (non-hydrogen) atoms. The Morgan fingerprint density at radius 2 is 1.95 bits per heavy atom. The maximum atomic E-state index is 11.1. The molecule has 0 saturated carbocycles. The maximum absolute atomic E-state index is 11.1. The van der Waals surface area contributed by atoms with Crippen LogP contribution >= 0.6 is 24.4 Å². The zero-order valence-electron chi connectivity index (χ0n) is 11.2. The van der Waals surface area contributed by atoms with Crippen molar-refractivity contribution < 1.29 is 4.92 Å². The molecule has 0 spiro atoms. The second-order valence-electron chi connectivity index (χ2n) is 4.32. The average molecular weight is 324 g/mol. The Morgan fingerprint density at radius 1 is 1.33 bits per heavy atom. The fraction of sp³-hybridized carbons (Fsp3) is 0.182. The molecule has 0 unspecified atom stereocenters. The topological polar surface area (TPSA) is 95.2 Å². The molecule has 0 saturated heterocycles. The van der Waals surface area contributed by atoms with Crippen LogP contribution in [0.2, 0.25) is 0 Å². The number of hydrogen-bond donors (Lipinski definition) is 2. The predicted octanol–water partition coefficient (Wildman–Crippen LogP) is 2.46. The Bertz CT molecular complexity index is 789. The Labute approximate surface area is 129 Å². The largest absolute Gasteiger partial charge is 0.372 e. The normalized spacial score (nSPS) is 11.0. The van der Waals surface area contributed by atoms with Gasteiger partial charge in [0.05, 0.1) is 11.1 Å². The summed E-state index contributed by atoms with van der Waals surface area (Å²) in [6.45, 7) is 0. The van der Waals surface area contributed by atoms with Crippen molar-refractivity contribution in [3.8, 4) is 0 Å². The monoisotopic (exact) mass is 324 g/mol. The molecule has 1 heterocycles. The number of rotatable bonds is 4. The van der Waals surface area contributed by atoms with Crippen molar-refractivity contribution in [1.82, 2.24) is 14.9 Å². The third-order valence-electron chi connectivity index (χ3n) is 2.66. The van der Waals surface area contributed by atoms with Crippen LogP contribution < -0.4 is 4.90 Å². The summed E-state index contributed by atoms with van der Waals surface area (Å²) in [5.41, 5.74) is 1.10. The molecule has 0 amide bonds.